The molecule has 4 rings (SSSR count). The van der Waals surface area contributed by atoms with Gasteiger partial charge >= 0.3 is 5.63 Å². The highest BCUT2D eigenvalue weighted by Gasteiger charge is 2.44. The Morgan fingerprint density at radius 1 is 1.07 bits per heavy atom. The van der Waals surface area contributed by atoms with Gasteiger partial charge < -0.3 is 34.3 Å². The lowest BCUT2D eigenvalue weighted by atomic mass is 9.99. The summed E-state index contributed by atoms with van der Waals surface area (Å²) in [6.07, 6.45) is -6.92. The highest BCUT2D eigenvalue weighted by molar-refractivity contribution is 7.13. The van der Waals surface area contributed by atoms with E-state index in [0.29, 0.717) is 10.9 Å². The van der Waals surface area contributed by atoms with E-state index in [1.165, 1.54) is 17.4 Å². The van der Waals surface area contributed by atoms with Gasteiger partial charge in [0, 0.05) is 16.3 Å². The van der Waals surface area contributed by atoms with Crippen molar-refractivity contribution >= 4 is 22.3 Å². The van der Waals surface area contributed by atoms with E-state index in [9.17, 15) is 25.2 Å². The first-order valence-electron chi connectivity index (χ1n) is 8.57. The van der Waals surface area contributed by atoms with Crippen LogP contribution in [0.25, 0.3) is 21.4 Å². The Bertz CT molecular complexity index is 1010. The Morgan fingerprint density at radius 2 is 1.89 bits per heavy atom. The van der Waals surface area contributed by atoms with Gasteiger partial charge in [-0.1, -0.05) is 6.07 Å². The summed E-state index contributed by atoms with van der Waals surface area (Å²) in [6.45, 7) is -0.553. The molecule has 2 aromatic heterocycles. The Kier molecular flexibility index (Phi) is 5.19. The number of rotatable bonds is 4. The van der Waals surface area contributed by atoms with Crippen LogP contribution in [0, 0.1) is 0 Å². The maximum absolute atomic E-state index is 12.3. The average molecular weight is 406 g/mol. The van der Waals surface area contributed by atoms with Gasteiger partial charge in [-0.15, -0.1) is 11.3 Å². The molecule has 0 spiro atoms. The second kappa shape index (κ2) is 7.63. The average Bonchev–Trinajstić information content (AvgIpc) is 3.22. The topological polar surface area (TPSA) is 130 Å². The molecule has 1 aliphatic rings. The van der Waals surface area contributed by atoms with E-state index in [1.54, 1.807) is 18.2 Å². The van der Waals surface area contributed by atoms with Crippen molar-refractivity contribution in [2.24, 2.45) is 0 Å². The number of hydrogen-bond donors (Lipinski definition) is 4. The maximum atomic E-state index is 12.3. The number of aliphatic hydroxyl groups excluding tert-OH is 4. The molecule has 4 N–H and O–H groups in total. The van der Waals surface area contributed by atoms with E-state index >= 15 is 0 Å². The zero-order valence-corrected chi connectivity index (χ0v) is 15.3. The number of fused-ring (bicyclic) bond motifs is 1. The fourth-order valence-electron chi connectivity index (χ4n) is 3.07. The fourth-order valence-corrected chi connectivity index (χ4v) is 3.80. The predicted octanol–water partition coefficient (Wildman–Crippen LogP) is 0.700. The second-order valence-corrected chi connectivity index (χ2v) is 7.39. The van der Waals surface area contributed by atoms with Crippen LogP contribution in [0.15, 0.2) is 51.0 Å². The lowest BCUT2D eigenvalue weighted by molar-refractivity contribution is -0.277. The van der Waals surface area contributed by atoms with Crippen molar-refractivity contribution in [3.63, 3.8) is 0 Å². The molecule has 1 aliphatic heterocycles. The third kappa shape index (κ3) is 3.44. The zero-order valence-electron chi connectivity index (χ0n) is 14.5. The summed E-state index contributed by atoms with van der Waals surface area (Å²) in [5.74, 6) is 0.226. The van der Waals surface area contributed by atoms with Gasteiger partial charge in [-0.25, -0.2) is 4.79 Å². The first-order valence-corrected chi connectivity index (χ1v) is 9.45. The van der Waals surface area contributed by atoms with Gasteiger partial charge in [0.1, 0.15) is 35.7 Å². The summed E-state index contributed by atoms with van der Waals surface area (Å²) in [4.78, 5) is 13.1. The molecule has 28 heavy (non-hydrogen) atoms. The quantitative estimate of drug-likeness (QED) is 0.466. The molecule has 0 unspecified atom stereocenters. The summed E-state index contributed by atoms with van der Waals surface area (Å²) in [5.41, 5.74) is 0.262. The van der Waals surface area contributed by atoms with Crippen molar-refractivity contribution in [2.75, 3.05) is 6.61 Å². The van der Waals surface area contributed by atoms with E-state index < -0.39 is 42.9 Å². The summed E-state index contributed by atoms with van der Waals surface area (Å²) in [7, 11) is 0. The number of thiophene rings is 1. The van der Waals surface area contributed by atoms with Gasteiger partial charge in [-0.05, 0) is 29.6 Å². The molecule has 0 bridgehead atoms. The second-order valence-electron chi connectivity index (χ2n) is 6.44. The van der Waals surface area contributed by atoms with Crippen LogP contribution in [0.2, 0.25) is 0 Å². The highest BCUT2D eigenvalue weighted by Crippen LogP contribution is 2.29. The monoisotopic (exact) mass is 406 g/mol. The number of hydrogen-bond acceptors (Lipinski definition) is 9. The largest absolute Gasteiger partial charge is 0.462 e. The molecule has 1 aromatic carbocycles. The van der Waals surface area contributed by atoms with Crippen LogP contribution in [-0.2, 0) is 4.74 Å². The van der Waals surface area contributed by atoms with Gasteiger partial charge in [0.25, 0.3) is 0 Å². The third-order valence-electron chi connectivity index (χ3n) is 4.59. The van der Waals surface area contributed by atoms with Crippen LogP contribution in [0.4, 0.5) is 0 Å². The van der Waals surface area contributed by atoms with Gasteiger partial charge in [0.05, 0.1) is 12.2 Å². The van der Waals surface area contributed by atoms with Crippen LogP contribution in [0.5, 0.6) is 5.75 Å². The number of benzene rings is 1. The van der Waals surface area contributed by atoms with Crippen LogP contribution in [-0.4, -0.2) is 57.7 Å². The normalized spacial score (nSPS) is 27.8. The molecule has 0 amide bonds. The molecule has 1 saturated heterocycles. The minimum Gasteiger partial charge on any atom is -0.462 e. The Balaban J connectivity index is 1.61. The van der Waals surface area contributed by atoms with Crippen molar-refractivity contribution in [2.45, 2.75) is 30.7 Å². The minimum absolute atomic E-state index is 0.226. The van der Waals surface area contributed by atoms with Crippen molar-refractivity contribution in [1.82, 2.24) is 0 Å². The fraction of sp³-hybridized carbons (Fsp3) is 0.316. The molecule has 0 aliphatic carbocycles. The zero-order chi connectivity index (χ0) is 19.8. The molecule has 0 radical (unpaired) electrons. The Hall–Kier alpha value is -2.27. The van der Waals surface area contributed by atoms with Crippen molar-refractivity contribution < 1.29 is 34.3 Å². The molecule has 3 heterocycles. The van der Waals surface area contributed by atoms with E-state index in [-0.39, 0.29) is 11.3 Å². The van der Waals surface area contributed by atoms with Crippen LogP contribution in [0.1, 0.15) is 0 Å². The minimum atomic E-state index is -1.54. The molecule has 1 fully saturated rings. The molecular formula is C19H18O8S. The molecular weight excluding hydrogens is 388 g/mol. The van der Waals surface area contributed by atoms with Gasteiger partial charge in [-0.3, -0.25) is 0 Å². The summed E-state index contributed by atoms with van der Waals surface area (Å²) >= 11 is 1.43. The lowest BCUT2D eigenvalue weighted by Gasteiger charge is -2.39. The molecule has 5 atom stereocenters. The smallest absolute Gasteiger partial charge is 0.345 e. The Labute approximate surface area is 162 Å². The summed E-state index contributed by atoms with van der Waals surface area (Å²) in [6, 6.07) is 10.2. The van der Waals surface area contributed by atoms with E-state index in [0.717, 1.165) is 4.88 Å². The predicted molar refractivity (Wildman–Crippen MR) is 100 cm³/mol. The van der Waals surface area contributed by atoms with Crippen LogP contribution >= 0.6 is 11.3 Å². The van der Waals surface area contributed by atoms with E-state index in [4.69, 9.17) is 13.9 Å². The highest BCUT2D eigenvalue weighted by atomic mass is 32.1. The molecule has 8 nitrogen and oxygen atoms in total. The molecule has 3 aromatic rings. The SMILES string of the molecule is O=c1oc2cc(O[C@@H]3O[C@H](CO)[C@H](O)[C@H](O)[C@H]3O)ccc2cc1-c1cccs1. The first kappa shape index (κ1) is 19.1. The van der Waals surface area contributed by atoms with Gasteiger partial charge in [0.15, 0.2) is 0 Å². The van der Waals surface area contributed by atoms with Crippen molar-refractivity contribution in [1.29, 1.82) is 0 Å². The molecule has 148 valence electrons. The van der Waals surface area contributed by atoms with Crippen molar-refractivity contribution in [3.05, 3.63) is 52.2 Å². The van der Waals surface area contributed by atoms with Crippen molar-refractivity contribution in [3.8, 4) is 16.2 Å². The van der Waals surface area contributed by atoms with Gasteiger partial charge in [-0.2, -0.15) is 0 Å². The number of aliphatic hydroxyl groups is 4. The lowest BCUT2D eigenvalue weighted by Crippen LogP contribution is -2.60. The standard InChI is InChI=1S/C19H18O8S/c20-8-13-15(21)16(22)17(23)19(27-13)25-10-4-3-9-6-11(14-2-1-5-28-14)18(24)26-12(9)7-10/h1-7,13,15-17,19-23H,8H2/t13-,15+,16+,17-,19-/m1/s1. The number of ether oxygens (including phenoxy) is 2. The Morgan fingerprint density at radius 3 is 2.61 bits per heavy atom. The van der Waals surface area contributed by atoms with Crippen LogP contribution < -0.4 is 10.4 Å². The van der Waals surface area contributed by atoms with E-state index in [1.807, 2.05) is 17.5 Å². The third-order valence-corrected chi connectivity index (χ3v) is 5.50. The van der Waals surface area contributed by atoms with Crippen LogP contribution in [0.3, 0.4) is 0 Å². The van der Waals surface area contributed by atoms with Gasteiger partial charge in [0.2, 0.25) is 6.29 Å². The summed E-state index contributed by atoms with van der Waals surface area (Å²) in [5, 5.41) is 41.5. The maximum Gasteiger partial charge on any atom is 0.345 e. The first-order chi connectivity index (χ1) is 13.5. The molecule has 0 saturated carbocycles. The summed E-state index contributed by atoms with van der Waals surface area (Å²) < 4.78 is 16.3. The molecule has 9 heteroatoms. The van der Waals surface area contributed by atoms with E-state index in [2.05, 4.69) is 0 Å².